The van der Waals surface area contributed by atoms with Crippen LogP contribution in [0.3, 0.4) is 0 Å². The number of aryl methyl sites for hydroxylation is 1. The number of carboxylic acid groups (broad SMARTS) is 1. The van der Waals surface area contributed by atoms with Gasteiger partial charge in [0, 0.05) is 12.7 Å². The lowest BCUT2D eigenvalue weighted by Gasteiger charge is -2.05. The maximum atomic E-state index is 12.0. The van der Waals surface area contributed by atoms with Crippen LogP contribution in [-0.4, -0.2) is 21.6 Å². The van der Waals surface area contributed by atoms with E-state index in [0.29, 0.717) is 17.2 Å². The van der Waals surface area contributed by atoms with Gasteiger partial charge in [0.25, 0.3) is 5.91 Å². The normalized spacial score (nSPS) is 10.3. The van der Waals surface area contributed by atoms with Crippen molar-refractivity contribution in [1.82, 2.24) is 4.57 Å². The number of amides is 1. The van der Waals surface area contributed by atoms with Gasteiger partial charge in [0.1, 0.15) is 10.6 Å². The Kier molecular flexibility index (Phi) is 3.47. The highest BCUT2D eigenvalue weighted by molar-refractivity contribution is 7.18. The molecule has 0 saturated carbocycles. The molecule has 5 nitrogen and oxygen atoms in total. The van der Waals surface area contributed by atoms with Crippen molar-refractivity contribution in [2.24, 2.45) is 0 Å². The molecule has 0 fully saturated rings. The molecule has 0 saturated heterocycles. The van der Waals surface area contributed by atoms with E-state index in [4.69, 9.17) is 5.11 Å². The van der Waals surface area contributed by atoms with E-state index in [1.54, 1.807) is 18.2 Å². The molecule has 1 amide bonds. The molecule has 0 aromatic carbocycles. The molecule has 2 heterocycles. The molecule has 0 aliphatic carbocycles. The number of thiophene rings is 1. The van der Waals surface area contributed by atoms with Crippen molar-refractivity contribution in [1.29, 1.82) is 0 Å². The van der Waals surface area contributed by atoms with Crippen molar-refractivity contribution in [2.45, 2.75) is 13.5 Å². The number of carbonyl (C=O) groups is 2. The standard InChI is InChI=1S/C12H12N2O3S/c1-2-14-7-3-4-8(14)11(15)13-10-6-5-9(18-10)12(16)17/h3-7H,2H2,1H3,(H,13,15)(H,16,17). The summed E-state index contributed by atoms with van der Waals surface area (Å²) in [6.45, 7) is 2.66. The number of nitrogens with one attached hydrogen (secondary N) is 1. The maximum Gasteiger partial charge on any atom is 0.345 e. The van der Waals surface area contributed by atoms with Crippen LogP contribution in [0.25, 0.3) is 0 Å². The number of carboxylic acids is 1. The summed E-state index contributed by atoms with van der Waals surface area (Å²) >= 11 is 1.04. The highest BCUT2D eigenvalue weighted by atomic mass is 32.1. The highest BCUT2D eigenvalue weighted by Crippen LogP contribution is 2.22. The molecule has 0 spiro atoms. The third-order valence-corrected chi connectivity index (χ3v) is 3.45. The van der Waals surface area contributed by atoms with Crippen LogP contribution in [0.2, 0.25) is 0 Å². The number of hydrogen-bond acceptors (Lipinski definition) is 3. The lowest BCUT2D eigenvalue weighted by molar-refractivity contribution is 0.0702. The molecule has 2 rings (SSSR count). The molecule has 0 radical (unpaired) electrons. The zero-order chi connectivity index (χ0) is 13.1. The van der Waals surface area contributed by atoms with Crippen LogP contribution in [0.15, 0.2) is 30.5 Å². The van der Waals surface area contributed by atoms with E-state index in [1.807, 2.05) is 17.7 Å². The third-order valence-electron chi connectivity index (χ3n) is 2.46. The Morgan fingerprint density at radius 2 is 2.17 bits per heavy atom. The molecule has 0 aliphatic heterocycles. The number of aromatic nitrogens is 1. The van der Waals surface area contributed by atoms with E-state index < -0.39 is 5.97 Å². The summed E-state index contributed by atoms with van der Waals surface area (Å²) in [5.41, 5.74) is 0.558. The lowest BCUT2D eigenvalue weighted by Crippen LogP contribution is -2.15. The van der Waals surface area contributed by atoms with Gasteiger partial charge in [0.05, 0.1) is 5.00 Å². The van der Waals surface area contributed by atoms with Gasteiger partial charge < -0.3 is 15.0 Å². The predicted octanol–water partition coefficient (Wildman–Crippen LogP) is 2.52. The summed E-state index contributed by atoms with van der Waals surface area (Å²) in [5.74, 6) is -1.22. The van der Waals surface area contributed by atoms with Crippen LogP contribution in [0, 0.1) is 0 Å². The highest BCUT2D eigenvalue weighted by Gasteiger charge is 2.13. The summed E-state index contributed by atoms with van der Waals surface area (Å²) < 4.78 is 1.82. The lowest BCUT2D eigenvalue weighted by atomic mass is 10.4. The van der Waals surface area contributed by atoms with Crippen LogP contribution in [-0.2, 0) is 6.54 Å². The van der Waals surface area contributed by atoms with Gasteiger partial charge in [-0.3, -0.25) is 4.79 Å². The first kappa shape index (κ1) is 12.4. The molecule has 2 N–H and O–H groups in total. The summed E-state index contributed by atoms with van der Waals surface area (Å²) in [4.78, 5) is 22.9. The van der Waals surface area contributed by atoms with E-state index in [1.165, 1.54) is 6.07 Å². The Labute approximate surface area is 108 Å². The molecule has 18 heavy (non-hydrogen) atoms. The Morgan fingerprint density at radius 1 is 1.39 bits per heavy atom. The van der Waals surface area contributed by atoms with E-state index in [9.17, 15) is 9.59 Å². The van der Waals surface area contributed by atoms with Crippen molar-refractivity contribution in [3.8, 4) is 0 Å². The van der Waals surface area contributed by atoms with Gasteiger partial charge in [-0.15, -0.1) is 11.3 Å². The zero-order valence-corrected chi connectivity index (χ0v) is 10.5. The van der Waals surface area contributed by atoms with Gasteiger partial charge in [-0.1, -0.05) is 0 Å². The molecule has 0 aliphatic rings. The van der Waals surface area contributed by atoms with Crippen LogP contribution in [0.1, 0.15) is 27.1 Å². The van der Waals surface area contributed by atoms with Crippen molar-refractivity contribution in [3.05, 3.63) is 41.0 Å². The third kappa shape index (κ3) is 2.43. The fourth-order valence-corrected chi connectivity index (χ4v) is 2.33. The number of anilines is 1. The van der Waals surface area contributed by atoms with E-state index in [-0.39, 0.29) is 10.8 Å². The molecule has 0 atom stereocenters. The van der Waals surface area contributed by atoms with E-state index in [2.05, 4.69) is 5.32 Å². The monoisotopic (exact) mass is 264 g/mol. The van der Waals surface area contributed by atoms with Crippen LogP contribution >= 0.6 is 11.3 Å². The molecule has 0 unspecified atom stereocenters. The summed E-state index contributed by atoms with van der Waals surface area (Å²) in [6, 6.07) is 6.59. The van der Waals surface area contributed by atoms with Crippen molar-refractivity contribution in [2.75, 3.05) is 5.32 Å². The predicted molar refractivity (Wildman–Crippen MR) is 69.3 cm³/mol. The van der Waals surface area contributed by atoms with Gasteiger partial charge in [0.15, 0.2) is 0 Å². The van der Waals surface area contributed by atoms with Crippen LogP contribution in [0.4, 0.5) is 5.00 Å². The molecular weight excluding hydrogens is 252 g/mol. The quantitative estimate of drug-likeness (QED) is 0.891. The second-order valence-corrected chi connectivity index (χ2v) is 4.69. The number of nitrogens with zero attached hydrogens (tertiary/aromatic N) is 1. The molecule has 6 heteroatoms. The minimum atomic E-state index is -0.988. The van der Waals surface area contributed by atoms with Gasteiger partial charge in [-0.05, 0) is 31.2 Å². The first-order valence-electron chi connectivity index (χ1n) is 5.41. The summed E-state index contributed by atoms with van der Waals surface area (Å²) in [7, 11) is 0. The van der Waals surface area contributed by atoms with Gasteiger partial charge in [0.2, 0.25) is 0 Å². The number of aromatic carboxylic acids is 1. The molecule has 0 bridgehead atoms. The minimum absolute atomic E-state index is 0.205. The summed E-state index contributed by atoms with van der Waals surface area (Å²) in [5, 5.41) is 12.0. The maximum absolute atomic E-state index is 12.0. The topological polar surface area (TPSA) is 71.3 Å². The van der Waals surface area contributed by atoms with Crippen molar-refractivity contribution >= 4 is 28.2 Å². The summed E-state index contributed by atoms with van der Waals surface area (Å²) in [6.07, 6.45) is 1.83. The molecule has 2 aromatic rings. The number of hydrogen-bond donors (Lipinski definition) is 2. The number of carbonyl (C=O) groups excluding carboxylic acids is 1. The van der Waals surface area contributed by atoms with Crippen molar-refractivity contribution < 1.29 is 14.7 Å². The average Bonchev–Trinajstić information content (AvgIpc) is 2.96. The van der Waals surface area contributed by atoms with Gasteiger partial charge in [-0.2, -0.15) is 0 Å². The second kappa shape index (κ2) is 5.05. The SMILES string of the molecule is CCn1cccc1C(=O)Nc1ccc(C(=O)O)s1. The Hall–Kier alpha value is -2.08. The number of rotatable bonds is 4. The molecule has 94 valence electrons. The van der Waals surface area contributed by atoms with Crippen LogP contribution < -0.4 is 5.32 Å². The second-order valence-electron chi connectivity index (χ2n) is 3.60. The van der Waals surface area contributed by atoms with Crippen molar-refractivity contribution in [3.63, 3.8) is 0 Å². The fourth-order valence-electron chi connectivity index (χ4n) is 1.59. The van der Waals surface area contributed by atoms with Gasteiger partial charge in [-0.25, -0.2) is 4.79 Å². The Balaban J connectivity index is 2.13. The first-order valence-corrected chi connectivity index (χ1v) is 6.23. The Morgan fingerprint density at radius 3 is 2.78 bits per heavy atom. The molecular formula is C12H12N2O3S. The average molecular weight is 264 g/mol. The largest absolute Gasteiger partial charge is 0.477 e. The van der Waals surface area contributed by atoms with Crippen LogP contribution in [0.5, 0.6) is 0 Å². The fraction of sp³-hybridized carbons (Fsp3) is 0.167. The van der Waals surface area contributed by atoms with E-state index in [0.717, 1.165) is 11.3 Å². The smallest absolute Gasteiger partial charge is 0.345 e. The first-order chi connectivity index (χ1) is 8.61. The minimum Gasteiger partial charge on any atom is -0.477 e. The molecule has 2 aromatic heterocycles. The Bertz CT molecular complexity index is 586. The van der Waals surface area contributed by atoms with E-state index >= 15 is 0 Å². The zero-order valence-electron chi connectivity index (χ0n) is 9.71. The van der Waals surface area contributed by atoms with Gasteiger partial charge >= 0.3 is 5.97 Å².